The first-order chi connectivity index (χ1) is 14.4. The number of ether oxygens (including phenoxy) is 1. The molecule has 0 saturated heterocycles. The van der Waals surface area contributed by atoms with Crippen molar-refractivity contribution in [3.05, 3.63) is 46.7 Å². The van der Waals surface area contributed by atoms with Crippen molar-refractivity contribution in [1.29, 1.82) is 0 Å². The first-order valence-corrected chi connectivity index (χ1v) is 11.0. The van der Waals surface area contributed by atoms with Gasteiger partial charge in [0.15, 0.2) is 0 Å². The molecule has 1 aromatic carbocycles. The second-order valence-corrected chi connectivity index (χ2v) is 8.91. The number of ketones is 1. The van der Waals surface area contributed by atoms with Crippen LogP contribution in [-0.4, -0.2) is 28.8 Å². The molecular formula is C23H25N3O3S. The van der Waals surface area contributed by atoms with E-state index in [9.17, 15) is 9.59 Å². The Hall–Kier alpha value is -2.80. The fourth-order valence-electron chi connectivity index (χ4n) is 4.02. The Morgan fingerprint density at radius 1 is 1.13 bits per heavy atom. The van der Waals surface area contributed by atoms with Crippen molar-refractivity contribution in [2.45, 2.75) is 45.4 Å². The van der Waals surface area contributed by atoms with E-state index in [0.29, 0.717) is 28.8 Å². The fourth-order valence-corrected chi connectivity index (χ4v) is 5.17. The number of carbonyl (C=O) groups excluding carboxylic acids is 2. The van der Waals surface area contributed by atoms with Crippen LogP contribution in [0.15, 0.2) is 30.3 Å². The third kappa shape index (κ3) is 4.21. The summed E-state index contributed by atoms with van der Waals surface area (Å²) in [5, 5.41) is 4.01. The van der Waals surface area contributed by atoms with Gasteiger partial charge in [-0.25, -0.2) is 9.97 Å². The van der Waals surface area contributed by atoms with Crippen LogP contribution in [0.2, 0.25) is 0 Å². The molecule has 0 aliphatic heterocycles. The van der Waals surface area contributed by atoms with Crippen LogP contribution in [0.25, 0.3) is 10.2 Å². The monoisotopic (exact) mass is 423 g/mol. The summed E-state index contributed by atoms with van der Waals surface area (Å²) in [6.07, 6.45) is 3.85. The van der Waals surface area contributed by atoms with Gasteiger partial charge in [0.1, 0.15) is 17.2 Å². The van der Waals surface area contributed by atoms with E-state index in [4.69, 9.17) is 9.72 Å². The summed E-state index contributed by atoms with van der Waals surface area (Å²) < 4.78 is 6.51. The summed E-state index contributed by atoms with van der Waals surface area (Å²) in [7, 11) is 1.58. The molecule has 7 heteroatoms. The zero-order chi connectivity index (χ0) is 21.3. The SMILES string of the molecule is COc1cc2nc([C@H]3CC[C@H](C(C)=O)CC3)sc2cc1NC(=O)c1cccc(C)n1. The number of fused-ring (bicyclic) bond motifs is 1. The molecule has 2 heterocycles. The van der Waals surface area contributed by atoms with Gasteiger partial charge in [0.25, 0.3) is 5.91 Å². The lowest BCUT2D eigenvalue weighted by atomic mass is 9.80. The molecule has 156 valence electrons. The molecule has 30 heavy (non-hydrogen) atoms. The summed E-state index contributed by atoms with van der Waals surface area (Å²) >= 11 is 1.65. The number of nitrogens with one attached hydrogen (secondary N) is 1. The Balaban J connectivity index is 1.58. The highest BCUT2D eigenvalue weighted by atomic mass is 32.1. The summed E-state index contributed by atoms with van der Waals surface area (Å²) in [6.45, 7) is 3.54. The lowest BCUT2D eigenvalue weighted by Gasteiger charge is -2.25. The van der Waals surface area contributed by atoms with Gasteiger partial charge in [-0.2, -0.15) is 0 Å². The number of nitrogens with zero attached hydrogens (tertiary/aromatic N) is 2. The Morgan fingerprint density at radius 3 is 2.57 bits per heavy atom. The van der Waals surface area contributed by atoms with E-state index >= 15 is 0 Å². The van der Waals surface area contributed by atoms with Gasteiger partial charge in [-0.15, -0.1) is 11.3 Å². The summed E-state index contributed by atoms with van der Waals surface area (Å²) in [6, 6.07) is 9.15. The molecule has 3 aromatic rings. The highest BCUT2D eigenvalue weighted by molar-refractivity contribution is 7.18. The largest absolute Gasteiger partial charge is 0.494 e. The van der Waals surface area contributed by atoms with Gasteiger partial charge < -0.3 is 10.1 Å². The van der Waals surface area contributed by atoms with Crippen LogP contribution in [0, 0.1) is 12.8 Å². The van der Waals surface area contributed by atoms with E-state index in [1.54, 1.807) is 31.4 Å². The number of hydrogen-bond donors (Lipinski definition) is 1. The van der Waals surface area contributed by atoms with Gasteiger partial charge in [-0.1, -0.05) is 6.07 Å². The predicted octanol–water partition coefficient (Wildman–Crippen LogP) is 5.12. The van der Waals surface area contributed by atoms with Crippen LogP contribution in [0.5, 0.6) is 5.75 Å². The predicted molar refractivity (Wildman–Crippen MR) is 118 cm³/mol. The normalized spacial score (nSPS) is 18.9. The molecule has 6 nitrogen and oxygen atoms in total. The molecule has 0 radical (unpaired) electrons. The average Bonchev–Trinajstić information content (AvgIpc) is 3.16. The van der Waals surface area contributed by atoms with Crippen LogP contribution < -0.4 is 10.1 Å². The molecule has 4 rings (SSSR count). The standard InChI is InChI=1S/C23H25N3O3S/c1-13-5-4-6-17(24-13)22(28)25-18-12-21-19(11-20(18)29-3)26-23(30-21)16-9-7-15(8-10-16)14(2)27/h4-6,11-12,15-16H,7-10H2,1-3H3,(H,25,28)/t15-,16-. The van der Waals surface area contributed by atoms with E-state index in [-0.39, 0.29) is 11.8 Å². The summed E-state index contributed by atoms with van der Waals surface area (Å²) in [5.74, 6) is 1.18. The van der Waals surface area contributed by atoms with E-state index in [1.807, 2.05) is 31.2 Å². The fraction of sp³-hybridized carbons (Fsp3) is 0.391. The number of Topliss-reactive ketones (excluding diaryl/α,β-unsaturated/α-hetero) is 1. The minimum atomic E-state index is -0.274. The number of rotatable bonds is 5. The average molecular weight is 424 g/mol. The maximum Gasteiger partial charge on any atom is 0.274 e. The van der Waals surface area contributed by atoms with Crippen molar-refractivity contribution < 1.29 is 14.3 Å². The highest BCUT2D eigenvalue weighted by Gasteiger charge is 2.27. The first kappa shape index (κ1) is 20.5. The van der Waals surface area contributed by atoms with Crippen molar-refractivity contribution in [1.82, 2.24) is 9.97 Å². The zero-order valence-electron chi connectivity index (χ0n) is 17.4. The van der Waals surface area contributed by atoms with E-state index in [0.717, 1.165) is 46.6 Å². The van der Waals surface area contributed by atoms with Gasteiger partial charge >= 0.3 is 0 Å². The molecule has 1 aliphatic carbocycles. The third-order valence-electron chi connectivity index (χ3n) is 5.75. The molecular weight excluding hydrogens is 398 g/mol. The van der Waals surface area contributed by atoms with E-state index in [2.05, 4.69) is 10.3 Å². The Morgan fingerprint density at radius 2 is 1.90 bits per heavy atom. The first-order valence-electron chi connectivity index (χ1n) is 10.2. The Bertz CT molecular complexity index is 1100. The van der Waals surface area contributed by atoms with E-state index in [1.165, 1.54) is 0 Å². The number of pyridine rings is 1. The molecule has 2 aromatic heterocycles. The Kier molecular flexibility index (Phi) is 5.81. The number of amides is 1. The lowest BCUT2D eigenvalue weighted by molar-refractivity contribution is -0.121. The second kappa shape index (κ2) is 8.52. The van der Waals surface area contributed by atoms with Crippen molar-refractivity contribution in [2.75, 3.05) is 12.4 Å². The maximum atomic E-state index is 12.6. The molecule has 1 N–H and O–H groups in total. The lowest BCUT2D eigenvalue weighted by Crippen LogP contribution is -2.18. The zero-order valence-corrected chi connectivity index (χ0v) is 18.2. The molecule has 0 spiro atoms. The Labute approximate surface area is 179 Å². The molecule has 0 atom stereocenters. The van der Waals surface area contributed by atoms with Crippen molar-refractivity contribution >= 4 is 38.9 Å². The number of thiazole rings is 1. The number of benzene rings is 1. The maximum absolute atomic E-state index is 12.6. The van der Waals surface area contributed by atoms with Crippen molar-refractivity contribution in [3.63, 3.8) is 0 Å². The molecule has 1 amide bonds. The molecule has 1 saturated carbocycles. The molecule has 0 bridgehead atoms. The number of carbonyl (C=O) groups is 2. The highest BCUT2D eigenvalue weighted by Crippen LogP contribution is 2.41. The number of aryl methyl sites for hydroxylation is 1. The number of anilines is 1. The second-order valence-electron chi connectivity index (χ2n) is 7.85. The van der Waals surface area contributed by atoms with Crippen LogP contribution in [-0.2, 0) is 4.79 Å². The minimum absolute atomic E-state index is 0.202. The van der Waals surface area contributed by atoms with Crippen LogP contribution in [0.1, 0.15) is 59.7 Å². The minimum Gasteiger partial charge on any atom is -0.494 e. The third-order valence-corrected chi connectivity index (χ3v) is 6.93. The van der Waals surface area contributed by atoms with Crippen LogP contribution >= 0.6 is 11.3 Å². The van der Waals surface area contributed by atoms with Gasteiger partial charge in [0.2, 0.25) is 0 Å². The number of hydrogen-bond acceptors (Lipinski definition) is 6. The van der Waals surface area contributed by atoms with Crippen molar-refractivity contribution in [3.8, 4) is 5.75 Å². The smallest absolute Gasteiger partial charge is 0.274 e. The van der Waals surface area contributed by atoms with Gasteiger partial charge in [-0.05, 0) is 57.7 Å². The summed E-state index contributed by atoms with van der Waals surface area (Å²) in [5.41, 5.74) is 2.63. The van der Waals surface area contributed by atoms with E-state index < -0.39 is 0 Å². The van der Waals surface area contributed by atoms with Gasteiger partial charge in [0, 0.05) is 23.6 Å². The van der Waals surface area contributed by atoms with Crippen LogP contribution in [0.3, 0.4) is 0 Å². The summed E-state index contributed by atoms with van der Waals surface area (Å²) in [4.78, 5) is 33.4. The number of aromatic nitrogens is 2. The quantitative estimate of drug-likeness (QED) is 0.616. The van der Waals surface area contributed by atoms with Crippen molar-refractivity contribution in [2.24, 2.45) is 5.92 Å². The topological polar surface area (TPSA) is 81.2 Å². The van der Waals surface area contributed by atoms with Crippen LogP contribution in [0.4, 0.5) is 5.69 Å². The number of methoxy groups -OCH3 is 1. The molecule has 0 unspecified atom stereocenters. The van der Waals surface area contributed by atoms with Gasteiger partial charge in [-0.3, -0.25) is 9.59 Å². The molecule has 1 aliphatic rings. The molecule has 1 fully saturated rings. The van der Waals surface area contributed by atoms with Gasteiger partial charge in [0.05, 0.1) is 28.0 Å².